The summed E-state index contributed by atoms with van der Waals surface area (Å²) in [5, 5.41) is 3.03. The molecule has 3 aromatic rings. The second-order valence-corrected chi connectivity index (χ2v) is 8.67. The molecule has 0 fully saturated rings. The van der Waals surface area contributed by atoms with Crippen LogP contribution in [0.2, 0.25) is 5.02 Å². The maximum atomic E-state index is 12.6. The zero-order chi connectivity index (χ0) is 21.7. The van der Waals surface area contributed by atoms with Crippen molar-refractivity contribution in [3.63, 3.8) is 0 Å². The fraction of sp³-hybridized carbons (Fsp3) is 0.136. The van der Waals surface area contributed by atoms with Gasteiger partial charge in [0.25, 0.3) is 15.9 Å². The Morgan fingerprint density at radius 1 is 1.00 bits per heavy atom. The molecule has 6 nitrogen and oxygen atoms in total. The van der Waals surface area contributed by atoms with Crippen LogP contribution in [0.5, 0.6) is 5.75 Å². The van der Waals surface area contributed by atoms with E-state index in [0.29, 0.717) is 5.75 Å². The second-order valence-electron chi connectivity index (χ2n) is 6.58. The Hall–Kier alpha value is -3.03. The normalized spacial score (nSPS) is 12.1. The van der Waals surface area contributed by atoms with Crippen LogP contribution in [0.25, 0.3) is 0 Å². The molecule has 0 aliphatic heterocycles. The monoisotopic (exact) mass is 444 g/mol. The van der Waals surface area contributed by atoms with E-state index >= 15 is 0 Å². The summed E-state index contributed by atoms with van der Waals surface area (Å²) in [5.41, 5.74) is 1.47. The predicted octanol–water partition coefficient (Wildman–Crippen LogP) is 4.64. The molecule has 3 aromatic carbocycles. The third kappa shape index (κ3) is 5.11. The van der Waals surface area contributed by atoms with Crippen LogP contribution in [0.15, 0.2) is 77.7 Å². The van der Waals surface area contributed by atoms with Gasteiger partial charge in [-0.1, -0.05) is 41.9 Å². The van der Waals surface area contributed by atoms with E-state index in [1.807, 2.05) is 37.3 Å². The lowest BCUT2D eigenvalue weighted by Gasteiger charge is -2.15. The van der Waals surface area contributed by atoms with Gasteiger partial charge in [-0.25, -0.2) is 8.42 Å². The quantitative estimate of drug-likeness (QED) is 0.556. The van der Waals surface area contributed by atoms with Crippen molar-refractivity contribution in [3.8, 4) is 5.75 Å². The number of methoxy groups -OCH3 is 1. The highest BCUT2D eigenvalue weighted by Crippen LogP contribution is 2.25. The Kier molecular flexibility index (Phi) is 6.64. The van der Waals surface area contributed by atoms with Crippen molar-refractivity contribution in [2.75, 3.05) is 11.8 Å². The molecule has 1 amide bonds. The van der Waals surface area contributed by atoms with Crippen molar-refractivity contribution in [3.05, 3.63) is 88.9 Å². The lowest BCUT2D eigenvalue weighted by molar-refractivity contribution is 0.0940. The maximum Gasteiger partial charge on any atom is 0.261 e. The lowest BCUT2D eigenvalue weighted by atomic mass is 10.1. The molecule has 0 heterocycles. The molecule has 0 unspecified atom stereocenters. The van der Waals surface area contributed by atoms with Crippen LogP contribution < -0.4 is 14.8 Å². The number of halogens is 1. The first kappa shape index (κ1) is 21.7. The van der Waals surface area contributed by atoms with Gasteiger partial charge >= 0.3 is 0 Å². The van der Waals surface area contributed by atoms with Gasteiger partial charge in [0.1, 0.15) is 5.75 Å². The Labute approximate surface area is 180 Å². The number of carbonyl (C=O) groups is 1. The third-order valence-corrected chi connectivity index (χ3v) is 6.19. The number of hydrogen-bond donors (Lipinski definition) is 2. The van der Waals surface area contributed by atoms with Crippen molar-refractivity contribution in [2.45, 2.75) is 17.9 Å². The Balaban J connectivity index is 1.73. The minimum atomic E-state index is -3.81. The number of benzene rings is 3. The average Bonchev–Trinajstić information content (AvgIpc) is 2.74. The first-order valence-electron chi connectivity index (χ1n) is 9.12. The van der Waals surface area contributed by atoms with Gasteiger partial charge in [0, 0.05) is 0 Å². The predicted molar refractivity (Wildman–Crippen MR) is 118 cm³/mol. The zero-order valence-corrected chi connectivity index (χ0v) is 18.0. The number of hydrogen-bond acceptors (Lipinski definition) is 4. The highest BCUT2D eigenvalue weighted by atomic mass is 35.5. The summed E-state index contributed by atoms with van der Waals surface area (Å²) in [7, 11) is -2.31. The van der Waals surface area contributed by atoms with Crippen LogP contribution in [0.1, 0.15) is 28.9 Å². The van der Waals surface area contributed by atoms with Crippen LogP contribution in [0, 0.1) is 0 Å². The van der Waals surface area contributed by atoms with E-state index in [1.54, 1.807) is 12.1 Å². The molecule has 8 heteroatoms. The van der Waals surface area contributed by atoms with Crippen LogP contribution in [0.4, 0.5) is 5.69 Å². The van der Waals surface area contributed by atoms with E-state index in [0.717, 1.165) is 5.56 Å². The third-order valence-electron chi connectivity index (χ3n) is 4.48. The SMILES string of the molecule is COc1ccc(S(=O)(=O)Nc2ccc(C(=O)N[C@H](C)c3ccccc3)c(Cl)c2)cc1. The molecule has 0 bridgehead atoms. The highest BCUT2D eigenvalue weighted by molar-refractivity contribution is 7.92. The van der Waals surface area contributed by atoms with Crippen LogP contribution >= 0.6 is 11.6 Å². The first-order chi connectivity index (χ1) is 14.3. The minimum Gasteiger partial charge on any atom is -0.497 e. The summed E-state index contributed by atoms with van der Waals surface area (Å²) in [6.45, 7) is 1.87. The van der Waals surface area contributed by atoms with Crippen LogP contribution in [0.3, 0.4) is 0 Å². The van der Waals surface area contributed by atoms with E-state index in [4.69, 9.17) is 16.3 Å². The van der Waals surface area contributed by atoms with Gasteiger partial charge in [0.15, 0.2) is 0 Å². The van der Waals surface area contributed by atoms with E-state index in [-0.39, 0.29) is 33.1 Å². The van der Waals surface area contributed by atoms with Gasteiger partial charge < -0.3 is 10.1 Å². The van der Waals surface area contributed by atoms with Crippen molar-refractivity contribution in [2.24, 2.45) is 0 Å². The average molecular weight is 445 g/mol. The van der Waals surface area contributed by atoms with E-state index in [9.17, 15) is 13.2 Å². The Morgan fingerprint density at radius 3 is 2.27 bits per heavy atom. The van der Waals surface area contributed by atoms with Crippen LogP contribution in [-0.2, 0) is 10.0 Å². The topological polar surface area (TPSA) is 84.5 Å². The van der Waals surface area contributed by atoms with Gasteiger partial charge in [0.05, 0.1) is 34.3 Å². The summed E-state index contributed by atoms with van der Waals surface area (Å²) in [5.74, 6) is 0.206. The molecule has 0 aromatic heterocycles. The Morgan fingerprint density at radius 2 is 1.67 bits per heavy atom. The lowest BCUT2D eigenvalue weighted by Crippen LogP contribution is -2.26. The second kappa shape index (κ2) is 9.19. The molecule has 0 radical (unpaired) electrons. The van der Waals surface area contributed by atoms with Crippen molar-refractivity contribution < 1.29 is 17.9 Å². The molecule has 0 aliphatic carbocycles. The maximum absolute atomic E-state index is 12.6. The van der Waals surface area contributed by atoms with Crippen molar-refractivity contribution in [1.29, 1.82) is 0 Å². The van der Waals surface area contributed by atoms with Crippen molar-refractivity contribution in [1.82, 2.24) is 5.32 Å². The smallest absolute Gasteiger partial charge is 0.261 e. The number of sulfonamides is 1. The highest BCUT2D eigenvalue weighted by Gasteiger charge is 2.18. The van der Waals surface area contributed by atoms with Gasteiger partial charge in [-0.3, -0.25) is 9.52 Å². The number of nitrogens with one attached hydrogen (secondary N) is 2. The molecule has 1 atom stereocenters. The van der Waals surface area contributed by atoms with Crippen molar-refractivity contribution >= 4 is 33.2 Å². The number of rotatable bonds is 7. The van der Waals surface area contributed by atoms with Gasteiger partial charge in [-0.15, -0.1) is 0 Å². The minimum absolute atomic E-state index is 0.0814. The first-order valence-corrected chi connectivity index (χ1v) is 11.0. The molecule has 156 valence electrons. The number of ether oxygens (including phenoxy) is 1. The summed E-state index contributed by atoms with van der Waals surface area (Å²) in [4.78, 5) is 12.7. The number of amides is 1. The molecule has 30 heavy (non-hydrogen) atoms. The summed E-state index contributed by atoms with van der Waals surface area (Å²) in [6, 6.07) is 19.7. The zero-order valence-electron chi connectivity index (χ0n) is 16.4. The molecule has 3 rings (SSSR count). The molecule has 0 saturated carbocycles. The van der Waals surface area contributed by atoms with E-state index < -0.39 is 10.0 Å². The number of carbonyl (C=O) groups excluding carboxylic acids is 1. The number of anilines is 1. The van der Waals surface area contributed by atoms with Gasteiger partial charge in [-0.2, -0.15) is 0 Å². The summed E-state index contributed by atoms with van der Waals surface area (Å²) in [6.07, 6.45) is 0. The molecule has 0 saturated heterocycles. The van der Waals surface area contributed by atoms with Gasteiger partial charge in [0.2, 0.25) is 0 Å². The largest absolute Gasteiger partial charge is 0.497 e. The van der Waals surface area contributed by atoms with E-state index in [2.05, 4.69) is 10.0 Å². The molecular formula is C22H21ClN2O4S. The van der Waals surface area contributed by atoms with Crippen LogP contribution in [-0.4, -0.2) is 21.4 Å². The molecule has 0 spiro atoms. The molecule has 2 N–H and O–H groups in total. The molecular weight excluding hydrogens is 424 g/mol. The van der Waals surface area contributed by atoms with E-state index in [1.165, 1.54) is 37.4 Å². The Bertz CT molecular complexity index is 1130. The fourth-order valence-electron chi connectivity index (χ4n) is 2.83. The summed E-state index contributed by atoms with van der Waals surface area (Å²) >= 11 is 6.26. The molecule has 0 aliphatic rings. The fourth-order valence-corrected chi connectivity index (χ4v) is 4.15. The van der Waals surface area contributed by atoms with Gasteiger partial charge in [-0.05, 0) is 55.0 Å². The standard InChI is InChI=1S/C22H21ClN2O4S/c1-15(16-6-4-3-5-7-16)24-22(26)20-13-8-17(14-21(20)23)25-30(27,28)19-11-9-18(29-2)10-12-19/h3-15,25H,1-2H3,(H,24,26)/t15-/m1/s1. The summed E-state index contributed by atoms with van der Waals surface area (Å²) < 4.78 is 32.6.